The molecule has 2 N–H and O–H groups in total. The Kier molecular flexibility index (Phi) is 5.09. The van der Waals surface area contributed by atoms with Crippen LogP contribution in [0.15, 0.2) is 36.4 Å². The lowest BCUT2D eigenvalue weighted by Gasteiger charge is -2.13. The van der Waals surface area contributed by atoms with E-state index in [1.807, 2.05) is 19.1 Å². The molecule has 3 aromatic rings. The van der Waals surface area contributed by atoms with Crippen molar-refractivity contribution in [3.8, 4) is 5.75 Å². The summed E-state index contributed by atoms with van der Waals surface area (Å²) in [5, 5.41) is 0. The van der Waals surface area contributed by atoms with E-state index in [1.165, 1.54) is 16.7 Å². The molecule has 25 heavy (non-hydrogen) atoms. The lowest BCUT2D eigenvalue weighted by molar-refractivity contribution is 0.301. The molecule has 0 aliphatic heterocycles. The Balaban J connectivity index is 1.75. The highest BCUT2D eigenvalue weighted by atomic mass is 16.5. The molecule has 0 aliphatic rings. The Bertz CT molecular complexity index is 880. The van der Waals surface area contributed by atoms with Crippen LogP contribution in [0.2, 0.25) is 0 Å². The number of fused-ring (bicyclic) bond motifs is 1. The minimum atomic E-state index is -0.0919. The summed E-state index contributed by atoms with van der Waals surface area (Å²) in [6, 6.07) is 12.4. The van der Waals surface area contributed by atoms with Gasteiger partial charge in [-0.15, -0.1) is 0 Å². The topological polar surface area (TPSA) is 53.1 Å². The van der Waals surface area contributed by atoms with Crippen molar-refractivity contribution in [1.82, 2.24) is 9.55 Å². The first-order valence-electron chi connectivity index (χ1n) is 8.88. The SMILES string of the molecule is Cc1cccc(OCCCn2c(C(C)N)nc3cc(C)c(C)cc32)c1. The quantitative estimate of drug-likeness (QED) is 0.676. The van der Waals surface area contributed by atoms with E-state index in [0.717, 1.165) is 35.6 Å². The maximum Gasteiger partial charge on any atom is 0.126 e. The lowest BCUT2D eigenvalue weighted by atomic mass is 10.1. The number of nitrogens with zero attached hydrogens (tertiary/aromatic N) is 2. The lowest BCUT2D eigenvalue weighted by Crippen LogP contribution is -2.15. The van der Waals surface area contributed by atoms with E-state index >= 15 is 0 Å². The maximum atomic E-state index is 6.15. The number of ether oxygens (including phenoxy) is 1. The summed E-state index contributed by atoms with van der Waals surface area (Å²) in [6.45, 7) is 9.84. The van der Waals surface area contributed by atoms with Crippen molar-refractivity contribution < 1.29 is 4.74 Å². The summed E-state index contributed by atoms with van der Waals surface area (Å²) in [5.41, 5.74) is 12.1. The van der Waals surface area contributed by atoms with Crippen molar-refractivity contribution >= 4 is 11.0 Å². The summed E-state index contributed by atoms with van der Waals surface area (Å²) in [7, 11) is 0. The minimum Gasteiger partial charge on any atom is -0.494 e. The third kappa shape index (κ3) is 3.85. The Morgan fingerprint density at radius 1 is 1.12 bits per heavy atom. The molecule has 4 heteroatoms. The zero-order valence-electron chi connectivity index (χ0n) is 15.5. The van der Waals surface area contributed by atoms with Gasteiger partial charge in [0.1, 0.15) is 11.6 Å². The van der Waals surface area contributed by atoms with Gasteiger partial charge in [0.15, 0.2) is 0 Å². The maximum absolute atomic E-state index is 6.15. The summed E-state index contributed by atoms with van der Waals surface area (Å²) in [4.78, 5) is 4.76. The highest BCUT2D eigenvalue weighted by Gasteiger charge is 2.14. The number of hydrogen-bond donors (Lipinski definition) is 1. The van der Waals surface area contributed by atoms with Crippen LogP contribution in [-0.2, 0) is 6.54 Å². The van der Waals surface area contributed by atoms with Crippen LogP contribution in [0.4, 0.5) is 0 Å². The zero-order valence-corrected chi connectivity index (χ0v) is 15.5. The molecule has 0 bridgehead atoms. The molecule has 132 valence electrons. The highest BCUT2D eigenvalue weighted by molar-refractivity contribution is 5.78. The van der Waals surface area contributed by atoms with Crippen LogP contribution in [0.1, 0.15) is 41.9 Å². The van der Waals surface area contributed by atoms with E-state index in [4.69, 9.17) is 15.5 Å². The monoisotopic (exact) mass is 337 g/mol. The molecule has 1 unspecified atom stereocenters. The molecule has 0 saturated heterocycles. The second kappa shape index (κ2) is 7.28. The number of aromatic nitrogens is 2. The van der Waals surface area contributed by atoms with Crippen molar-refractivity contribution in [2.75, 3.05) is 6.61 Å². The molecule has 1 atom stereocenters. The van der Waals surface area contributed by atoms with Crippen LogP contribution >= 0.6 is 0 Å². The summed E-state index contributed by atoms with van der Waals surface area (Å²) < 4.78 is 8.12. The highest BCUT2D eigenvalue weighted by Crippen LogP contribution is 2.23. The normalized spacial score (nSPS) is 12.5. The molecule has 1 aromatic heterocycles. The van der Waals surface area contributed by atoms with E-state index in [-0.39, 0.29) is 6.04 Å². The van der Waals surface area contributed by atoms with Crippen LogP contribution < -0.4 is 10.5 Å². The van der Waals surface area contributed by atoms with Gasteiger partial charge in [0.05, 0.1) is 23.7 Å². The van der Waals surface area contributed by atoms with Gasteiger partial charge in [-0.2, -0.15) is 0 Å². The first-order valence-corrected chi connectivity index (χ1v) is 8.88. The number of hydrogen-bond acceptors (Lipinski definition) is 3. The average Bonchev–Trinajstić information content (AvgIpc) is 2.90. The van der Waals surface area contributed by atoms with Crippen molar-refractivity contribution in [3.05, 3.63) is 58.9 Å². The van der Waals surface area contributed by atoms with E-state index in [1.54, 1.807) is 0 Å². The molecule has 0 spiro atoms. The van der Waals surface area contributed by atoms with E-state index in [9.17, 15) is 0 Å². The van der Waals surface area contributed by atoms with Crippen molar-refractivity contribution in [3.63, 3.8) is 0 Å². The Hall–Kier alpha value is -2.33. The van der Waals surface area contributed by atoms with Gasteiger partial charge in [0, 0.05) is 6.54 Å². The van der Waals surface area contributed by atoms with Gasteiger partial charge in [-0.25, -0.2) is 4.98 Å². The predicted octanol–water partition coefficient (Wildman–Crippen LogP) is 4.45. The summed E-state index contributed by atoms with van der Waals surface area (Å²) in [6.07, 6.45) is 0.909. The Labute approximate surface area is 149 Å². The average molecular weight is 337 g/mol. The molecule has 2 aromatic carbocycles. The third-order valence-corrected chi connectivity index (χ3v) is 4.58. The zero-order chi connectivity index (χ0) is 18.0. The molecular weight excluding hydrogens is 310 g/mol. The van der Waals surface area contributed by atoms with Crippen LogP contribution in [0.5, 0.6) is 5.75 Å². The van der Waals surface area contributed by atoms with Crippen LogP contribution in [0, 0.1) is 20.8 Å². The summed E-state index contributed by atoms with van der Waals surface area (Å²) >= 11 is 0. The number of nitrogens with two attached hydrogens (primary N) is 1. The standard InChI is InChI=1S/C21H27N3O/c1-14-7-5-8-18(11-14)25-10-6-9-24-20-13-16(3)15(2)12-19(20)23-21(24)17(4)22/h5,7-8,11-13,17H,6,9-10,22H2,1-4H3. The van der Waals surface area contributed by atoms with E-state index in [0.29, 0.717) is 6.61 Å². The smallest absolute Gasteiger partial charge is 0.126 e. The molecule has 0 saturated carbocycles. The molecule has 0 radical (unpaired) electrons. The van der Waals surface area contributed by atoms with Gasteiger partial charge in [0.25, 0.3) is 0 Å². The Morgan fingerprint density at radius 2 is 1.88 bits per heavy atom. The van der Waals surface area contributed by atoms with Gasteiger partial charge in [0.2, 0.25) is 0 Å². The molecule has 1 heterocycles. The van der Waals surface area contributed by atoms with Gasteiger partial charge in [-0.1, -0.05) is 12.1 Å². The van der Waals surface area contributed by atoms with Crippen molar-refractivity contribution in [2.45, 2.75) is 46.7 Å². The van der Waals surface area contributed by atoms with Crippen LogP contribution in [0.25, 0.3) is 11.0 Å². The fourth-order valence-electron chi connectivity index (χ4n) is 3.10. The number of imidazole rings is 1. The largest absolute Gasteiger partial charge is 0.494 e. The van der Waals surface area contributed by atoms with E-state index < -0.39 is 0 Å². The number of benzene rings is 2. The van der Waals surface area contributed by atoms with Gasteiger partial charge >= 0.3 is 0 Å². The first-order chi connectivity index (χ1) is 12.0. The third-order valence-electron chi connectivity index (χ3n) is 4.58. The summed E-state index contributed by atoms with van der Waals surface area (Å²) in [5.74, 6) is 1.87. The first kappa shape index (κ1) is 17.5. The fraction of sp³-hybridized carbons (Fsp3) is 0.381. The minimum absolute atomic E-state index is 0.0919. The molecular formula is C21H27N3O. The van der Waals surface area contributed by atoms with Crippen LogP contribution in [-0.4, -0.2) is 16.2 Å². The van der Waals surface area contributed by atoms with E-state index in [2.05, 4.69) is 49.6 Å². The Morgan fingerprint density at radius 3 is 2.60 bits per heavy atom. The van der Waals surface area contributed by atoms with Crippen LogP contribution in [0.3, 0.4) is 0 Å². The molecule has 0 aliphatic carbocycles. The van der Waals surface area contributed by atoms with Gasteiger partial charge in [-0.05, 0) is 75.1 Å². The van der Waals surface area contributed by atoms with Gasteiger partial charge in [-0.3, -0.25) is 0 Å². The number of rotatable bonds is 6. The molecule has 3 rings (SSSR count). The number of aryl methyl sites for hydroxylation is 4. The predicted molar refractivity (Wildman–Crippen MR) is 103 cm³/mol. The molecule has 0 fully saturated rings. The molecule has 4 nitrogen and oxygen atoms in total. The van der Waals surface area contributed by atoms with Crippen molar-refractivity contribution in [2.24, 2.45) is 5.73 Å². The second-order valence-corrected chi connectivity index (χ2v) is 6.85. The van der Waals surface area contributed by atoms with Gasteiger partial charge < -0.3 is 15.0 Å². The van der Waals surface area contributed by atoms with Crippen molar-refractivity contribution in [1.29, 1.82) is 0 Å². The fourth-order valence-corrected chi connectivity index (χ4v) is 3.10. The second-order valence-electron chi connectivity index (χ2n) is 6.85. The molecule has 0 amide bonds.